The number of rotatable bonds is 5. The summed E-state index contributed by atoms with van der Waals surface area (Å²) in [6.45, 7) is 0.737. The third-order valence-corrected chi connectivity index (χ3v) is 3.96. The minimum absolute atomic E-state index is 0.112. The number of aryl methyl sites for hydroxylation is 1. The topological polar surface area (TPSA) is 110 Å². The average Bonchev–Trinajstić information content (AvgIpc) is 3.23. The molecular formula is C16H15N7O2. The zero-order chi connectivity index (χ0) is 17.2. The van der Waals surface area contributed by atoms with Gasteiger partial charge in [0.25, 0.3) is 5.56 Å². The molecule has 4 aromatic rings. The molecule has 9 heteroatoms. The zero-order valence-electron chi connectivity index (χ0n) is 13.2. The Kier molecular flexibility index (Phi) is 3.73. The second-order valence-electron chi connectivity index (χ2n) is 5.55. The van der Waals surface area contributed by atoms with Gasteiger partial charge in [-0.25, -0.2) is 4.98 Å². The van der Waals surface area contributed by atoms with Crippen molar-refractivity contribution in [2.75, 3.05) is 0 Å². The van der Waals surface area contributed by atoms with Crippen LogP contribution in [-0.4, -0.2) is 35.0 Å². The highest BCUT2D eigenvalue weighted by Crippen LogP contribution is 2.12. The van der Waals surface area contributed by atoms with Gasteiger partial charge in [0.15, 0.2) is 5.82 Å². The summed E-state index contributed by atoms with van der Waals surface area (Å²) in [4.78, 5) is 30.5. The predicted molar refractivity (Wildman–Crippen MR) is 89.8 cm³/mol. The molecule has 0 bridgehead atoms. The summed E-state index contributed by atoms with van der Waals surface area (Å²) >= 11 is 0. The lowest BCUT2D eigenvalue weighted by Gasteiger charge is -2.06. The predicted octanol–water partition coefficient (Wildman–Crippen LogP) is 0.474. The van der Waals surface area contributed by atoms with Gasteiger partial charge in [0.2, 0.25) is 11.6 Å². The first-order chi connectivity index (χ1) is 12.2. The summed E-state index contributed by atoms with van der Waals surface area (Å²) in [6, 6.07) is 7.78. The molecule has 0 radical (unpaired) electrons. The van der Waals surface area contributed by atoms with Gasteiger partial charge >= 0.3 is 0 Å². The smallest absolute Gasteiger partial charge is 0.293 e. The maximum absolute atomic E-state index is 12.1. The molecule has 0 unspecified atom stereocenters. The van der Waals surface area contributed by atoms with E-state index in [9.17, 15) is 9.59 Å². The van der Waals surface area contributed by atoms with Crippen LogP contribution in [0.15, 0.2) is 47.8 Å². The molecule has 1 aromatic carbocycles. The van der Waals surface area contributed by atoms with Crippen molar-refractivity contribution in [3.05, 3.63) is 59.2 Å². The number of fused-ring (bicyclic) bond motifs is 2. The van der Waals surface area contributed by atoms with Gasteiger partial charge in [0, 0.05) is 25.4 Å². The molecular weight excluding hydrogens is 322 g/mol. The molecule has 9 nitrogen and oxygen atoms in total. The van der Waals surface area contributed by atoms with Crippen molar-refractivity contribution in [3.8, 4) is 0 Å². The highest BCUT2D eigenvalue weighted by atomic mass is 16.1. The number of benzene rings is 1. The summed E-state index contributed by atoms with van der Waals surface area (Å²) in [5.41, 5.74) is 1.79. The van der Waals surface area contributed by atoms with Crippen LogP contribution in [0.2, 0.25) is 0 Å². The third kappa shape index (κ3) is 2.87. The number of nitrogens with one attached hydrogen (secondary N) is 2. The van der Waals surface area contributed by atoms with E-state index in [1.54, 1.807) is 16.9 Å². The van der Waals surface area contributed by atoms with Gasteiger partial charge in [0.05, 0.1) is 23.9 Å². The fraction of sp³-hybridized carbons (Fsp3) is 0.188. The molecule has 4 rings (SSSR count). The lowest BCUT2D eigenvalue weighted by molar-refractivity contribution is -0.121. The van der Waals surface area contributed by atoms with Gasteiger partial charge < -0.3 is 14.9 Å². The fourth-order valence-electron chi connectivity index (χ4n) is 2.68. The normalized spacial score (nSPS) is 11.2. The van der Waals surface area contributed by atoms with Crippen molar-refractivity contribution in [1.82, 2.24) is 34.4 Å². The van der Waals surface area contributed by atoms with Gasteiger partial charge in [-0.15, -0.1) is 10.2 Å². The Labute approximate surface area is 141 Å². The van der Waals surface area contributed by atoms with Gasteiger partial charge in [-0.3, -0.25) is 14.0 Å². The number of H-pyrrole nitrogens is 1. The molecule has 0 aliphatic carbocycles. The van der Waals surface area contributed by atoms with Crippen LogP contribution in [0.5, 0.6) is 0 Å². The van der Waals surface area contributed by atoms with Crippen molar-refractivity contribution in [3.63, 3.8) is 0 Å². The molecule has 25 heavy (non-hydrogen) atoms. The molecule has 3 heterocycles. The first-order valence-corrected chi connectivity index (χ1v) is 7.80. The summed E-state index contributed by atoms with van der Waals surface area (Å²) in [5.74, 6) is 0.391. The number of nitrogens with zero attached hydrogens (tertiary/aromatic N) is 5. The van der Waals surface area contributed by atoms with Crippen LogP contribution in [0.3, 0.4) is 0 Å². The summed E-state index contributed by atoms with van der Waals surface area (Å²) in [6.07, 6.45) is 5.21. The highest BCUT2D eigenvalue weighted by molar-refractivity contribution is 5.77. The first kappa shape index (κ1) is 15.1. The number of carbonyl (C=O) groups excluding carboxylic acids is 1. The largest absolute Gasteiger partial charge is 0.349 e. The molecule has 0 atom stereocenters. The maximum Gasteiger partial charge on any atom is 0.293 e. The Balaban J connectivity index is 1.39. The van der Waals surface area contributed by atoms with Crippen LogP contribution in [0.4, 0.5) is 0 Å². The maximum atomic E-state index is 12.1. The third-order valence-electron chi connectivity index (χ3n) is 3.96. The van der Waals surface area contributed by atoms with E-state index in [0.717, 1.165) is 11.0 Å². The van der Waals surface area contributed by atoms with E-state index in [1.165, 1.54) is 6.20 Å². The molecule has 0 aliphatic heterocycles. The van der Waals surface area contributed by atoms with E-state index < -0.39 is 0 Å². The van der Waals surface area contributed by atoms with Gasteiger partial charge in [-0.2, -0.15) is 0 Å². The van der Waals surface area contributed by atoms with Gasteiger partial charge in [-0.05, 0) is 12.1 Å². The van der Waals surface area contributed by atoms with Crippen molar-refractivity contribution in [2.24, 2.45) is 0 Å². The van der Waals surface area contributed by atoms with Crippen LogP contribution < -0.4 is 10.9 Å². The van der Waals surface area contributed by atoms with Crippen LogP contribution >= 0.6 is 0 Å². The number of hydrogen-bond acceptors (Lipinski definition) is 5. The fourth-order valence-corrected chi connectivity index (χ4v) is 2.68. The Hall–Kier alpha value is -3.49. The quantitative estimate of drug-likeness (QED) is 0.550. The van der Waals surface area contributed by atoms with Crippen LogP contribution in [0.1, 0.15) is 12.2 Å². The number of carbonyl (C=O) groups is 1. The highest BCUT2D eigenvalue weighted by Gasteiger charge is 2.10. The second-order valence-corrected chi connectivity index (χ2v) is 5.55. The van der Waals surface area contributed by atoms with E-state index in [4.69, 9.17) is 0 Å². The molecule has 3 aromatic heterocycles. The molecule has 0 fully saturated rings. The molecule has 0 saturated carbocycles. The minimum Gasteiger partial charge on any atom is -0.349 e. The van der Waals surface area contributed by atoms with Crippen LogP contribution in [0, 0.1) is 0 Å². The average molecular weight is 337 g/mol. The van der Waals surface area contributed by atoms with Crippen molar-refractivity contribution < 1.29 is 4.79 Å². The van der Waals surface area contributed by atoms with E-state index in [-0.39, 0.29) is 23.7 Å². The van der Waals surface area contributed by atoms with E-state index in [2.05, 4.69) is 25.5 Å². The monoisotopic (exact) mass is 337 g/mol. The number of amides is 1. The Morgan fingerprint density at radius 3 is 3.04 bits per heavy atom. The number of aromatic nitrogens is 6. The molecule has 1 amide bonds. The Bertz CT molecular complexity index is 1110. The number of imidazole rings is 1. The SMILES string of the molecule is O=C(CCn1cnc2ccccc21)NCc1nnc2c(=O)[nH]ccn12. The molecule has 126 valence electrons. The molecule has 0 saturated heterocycles. The molecule has 2 N–H and O–H groups in total. The van der Waals surface area contributed by atoms with E-state index >= 15 is 0 Å². The second kappa shape index (κ2) is 6.19. The minimum atomic E-state index is -0.320. The van der Waals surface area contributed by atoms with Crippen molar-refractivity contribution in [2.45, 2.75) is 19.5 Å². The lowest BCUT2D eigenvalue weighted by atomic mass is 10.3. The van der Waals surface area contributed by atoms with Crippen molar-refractivity contribution in [1.29, 1.82) is 0 Å². The molecule has 0 aliphatic rings. The van der Waals surface area contributed by atoms with E-state index in [0.29, 0.717) is 18.8 Å². The number of aromatic amines is 1. The first-order valence-electron chi connectivity index (χ1n) is 7.80. The zero-order valence-corrected chi connectivity index (χ0v) is 13.2. The van der Waals surface area contributed by atoms with Gasteiger partial charge in [0.1, 0.15) is 0 Å². The number of hydrogen-bond donors (Lipinski definition) is 2. The summed E-state index contributed by atoms with van der Waals surface area (Å²) in [5, 5.41) is 10.6. The van der Waals surface area contributed by atoms with E-state index in [1.807, 2.05) is 28.8 Å². The Morgan fingerprint density at radius 2 is 2.12 bits per heavy atom. The Morgan fingerprint density at radius 1 is 1.24 bits per heavy atom. The lowest BCUT2D eigenvalue weighted by Crippen LogP contribution is -2.25. The van der Waals surface area contributed by atoms with Gasteiger partial charge in [-0.1, -0.05) is 12.1 Å². The van der Waals surface area contributed by atoms with Crippen LogP contribution in [-0.2, 0) is 17.9 Å². The standard InChI is InChI=1S/C16H15N7O2/c24-14(5-7-22-10-19-11-3-1-2-4-12(11)22)18-9-13-20-21-15-16(25)17-6-8-23(13)15/h1-4,6,8,10H,5,7,9H2,(H,17,25)(H,18,24). The summed E-state index contributed by atoms with van der Waals surface area (Å²) in [7, 11) is 0. The molecule has 0 spiro atoms. The summed E-state index contributed by atoms with van der Waals surface area (Å²) < 4.78 is 3.50. The van der Waals surface area contributed by atoms with Crippen LogP contribution in [0.25, 0.3) is 16.7 Å². The number of para-hydroxylation sites is 2. The van der Waals surface area contributed by atoms with Crippen molar-refractivity contribution >= 4 is 22.6 Å².